The molecule has 3 heteroatoms. The van der Waals surface area contributed by atoms with Crippen LogP contribution in [0.25, 0.3) is 0 Å². The molecule has 0 aromatic heterocycles. The molecule has 0 aliphatic heterocycles. The number of carboxylic acid groups (broad SMARTS) is 1. The molecule has 1 atom stereocenters. The van der Waals surface area contributed by atoms with Gasteiger partial charge in [-0.25, -0.2) is 0 Å². The molecule has 1 unspecified atom stereocenters. The monoisotopic (exact) mass is 258 g/mol. The van der Waals surface area contributed by atoms with Gasteiger partial charge in [0.2, 0.25) is 0 Å². The van der Waals surface area contributed by atoms with Gasteiger partial charge in [-0.1, -0.05) is 48.5 Å². The lowest BCUT2D eigenvalue weighted by molar-refractivity contribution is -0.138. The number of ether oxygens (including phenoxy) is 1. The topological polar surface area (TPSA) is 46.5 Å². The first-order chi connectivity index (χ1) is 9.15. The standard InChI is InChI=1S/C9H10O2.C7H8O/c1-7(9(10)11)8-5-3-2-4-6-8;1-8-7-5-3-2-4-6-7/h2-7H,1H3,(H,10,11);2-6H,1H3. The van der Waals surface area contributed by atoms with Gasteiger partial charge in [-0.05, 0) is 24.6 Å². The first-order valence-corrected chi connectivity index (χ1v) is 6.02. The summed E-state index contributed by atoms with van der Waals surface area (Å²) in [5.74, 6) is -0.278. The minimum Gasteiger partial charge on any atom is -0.497 e. The molecule has 2 aromatic carbocycles. The zero-order chi connectivity index (χ0) is 14.1. The maximum absolute atomic E-state index is 10.5. The molecule has 0 radical (unpaired) electrons. The van der Waals surface area contributed by atoms with Crippen molar-refractivity contribution in [2.75, 3.05) is 7.11 Å². The van der Waals surface area contributed by atoms with E-state index in [-0.39, 0.29) is 0 Å². The number of rotatable bonds is 3. The van der Waals surface area contributed by atoms with Gasteiger partial charge >= 0.3 is 5.97 Å². The summed E-state index contributed by atoms with van der Waals surface area (Å²) in [6.07, 6.45) is 0. The molecule has 0 saturated carbocycles. The number of aliphatic carboxylic acids is 1. The average molecular weight is 258 g/mol. The van der Waals surface area contributed by atoms with Gasteiger partial charge in [0, 0.05) is 0 Å². The first kappa shape index (κ1) is 14.8. The second-order valence-electron chi connectivity index (χ2n) is 3.99. The van der Waals surface area contributed by atoms with E-state index in [4.69, 9.17) is 9.84 Å². The number of benzene rings is 2. The molecule has 0 bridgehead atoms. The van der Waals surface area contributed by atoms with Crippen LogP contribution in [0.15, 0.2) is 60.7 Å². The normalized spacial score (nSPS) is 10.8. The molecule has 0 aliphatic carbocycles. The highest BCUT2D eigenvalue weighted by Gasteiger charge is 2.11. The highest BCUT2D eigenvalue weighted by Crippen LogP contribution is 2.13. The summed E-state index contributed by atoms with van der Waals surface area (Å²) in [4.78, 5) is 10.5. The lowest BCUT2D eigenvalue weighted by atomic mass is 10.0. The summed E-state index contributed by atoms with van der Waals surface area (Å²) in [5, 5.41) is 8.64. The van der Waals surface area contributed by atoms with Gasteiger partial charge in [-0.3, -0.25) is 4.79 Å². The van der Waals surface area contributed by atoms with E-state index in [0.29, 0.717) is 0 Å². The van der Waals surface area contributed by atoms with Gasteiger partial charge in [0.05, 0.1) is 13.0 Å². The van der Waals surface area contributed by atoms with Crippen LogP contribution >= 0.6 is 0 Å². The molecule has 0 heterocycles. The largest absolute Gasteiger partial charge is 0.497 e. The van der Waals surface area contributed by atoms with Crippen molar-refractivity contribution in [3.05, 3.63) is 66.2 Å². The van der Waals surface area contributed by atoms with E-state index in [1.807, 2.05) is 60.7 Å². The van der Waals surface area contributed by atoms with Gasteiger partial charge in [0.15, 0.2) is 0 Å². The van der Waals surface area contributed by atoms with E-state index in [0.717, 1.165) is 11.3 Å². The van der Waals surface area contributed by atoms with E-state index < -0.39 is 11.9 Å². The maximum Gasteiger partial charge on any atom is 0.310 e. The Kier molecular flexibility index (Phi) is 6.16. The molecule has 100 valence electrons. The predicted octanol–water partition coefficient (Wildman–Crippen LogP) is 3.57. The molecule has 0 saturated heterocycles. The lowest BCUT2D eigenvalue weighted by Gasteiger charge is -2.04. The maximum atomic E-state index is 10.5. The third-order valence-electron chi connectivity index (χ3n) is 2.65. The average Bonchev–Trinajstić information content (AvgIpc) is 2.48. The minimum absolute atomic E-state index is 0.406. The highest BCUT2D eigenvalue weighted by molar-refractivity contribution is 5.75. The smallest absolute Gasteiger partial charge is 0.310 e. The summed E-state index contributed by atoms with van der Waals surface area (Å²) < 4.78 is 4.91. The summed E-state index contributed by atoms with van der Waals surface area (Å²) in [5.41, 5.74) is 0.847. The third kappa shape index (κ3) is 5.25. The SMILES string of the molecule is CC(C(=O)O)c1ccccc1.COc1ccccc1. The quantitative estimate of drug-likeness (QED) is 0.915. The van der Waals surface area contributed by atoms with Gasteiger partial charge in [-0.2, -0.15) is 0 Å². The minimum atomic E-state index is -0.781. The van der Waals surface area contributed by atoms with E-state index >= 15 is 0 Å². The number of hydrogen-bond donors (Lipinski definition) is 1. The molecule has 2 aromatic rings. The van der Waals surface area contributed by atoms with Crippen molar-refractivity contribution in [2.45, 2.75) is 12.8 Å². The van der Waals surface area contributed by atoms with Gasteiger partial charge in [0.25, 0.3) is 0 Å². The van der Waals surface area contributed by atoms with Crippen molar-refractivity contribution in [3.63, 3.8) is 0 Å². The predicted molar refractivity (Wildman–Crippen MR) is 75.5 cm³/mol. The fraction of sp³-hybridized carbons (Fsp3) is 0.188. The summed E-state index contributed by atoms with van der Waals surface area (Å²) in [7, 11) is 1.66. The zero-order valence-corrected chi connectivity index (χ0v) is 11.1. The molecular formula is C16H18O3. The second kappa shape index (κ2) is 7.93. The molecule has 0 aliphatic rings. The fourth-order valence-corrected chi connectivity index (χ4v) is 1.44. The van der Waals surface area contributed by atoms with E-state index in [1.54, 1.807) is 14.0 Å². The van der Waals surface area contributed by atoms with Gasteiger partial charge < -0.3 is 9.84 Å². The molecule has 1 N–H and O–H groups in total. The lowest BCUT2D eigenvalue weighted by Crippen LogP contribution is -2.06. The molecule has 0 fully saturated rings. The van der Waals surface area contributed by atoms with E-state index in [2.05, 4.69) is 0 Å². The molecule has 0 amide bonds. The Bertz CT molecular complexity index is 480. The Hall–Kier alpha value is -2.29. The number of para-hydroxylation sites is 1. The first-order valence-electron chi connectivity index (χ1n) is 6.02. The molecule has 0 spiro atoms. The Balaban J connectivity index is 0.000000200. The van der Waals surface area contributed by atoms with Gasteiger partial charge in [0.1, 0.15) is 5.75 Å². The van der Waals surface area contributed by atoms with Crippen molar-refractivity contribution in [1.82, 2.24) is 0 Å². The van der Waals surface area contributed by atoms with Gasteiger partial charge in [-0.15, -0.1) is 0 Å². The fourth-order valence-electron chi connectivity index (χ4n) is 1.44. The molecule has 2 rings (SSSR count). The molecular weight excluding hydrogens is 240 g/mol. The van der Waals surface area contributed by atoms with Crippen LogP contribution in [0.2, 0.25) is 0 Å². The molecule has 19 heavy (non-hydrogen) atoms. The Morgan fingerprint density at radius 1 is 1.00 bits per heavy atom. The zero-order valence-electron chi connectivity index (χ0n) is 11.1. The van der Waals surface area contributed by atoms with Crippen LogP contribution in [0.1, 0.15) is 18.4 Å². The van der Waals surface area contributed by atoms with Crippen LogP contribution in [-0.2, 0) is 4.79 Å². The summed E-state index contributed by atoms with van der Waals surface area (Å²) in [6.45, 7) is 1.68. The van der Waals surface area contributed by atoms with Crippen molar-refractivity contribution < 1.29 is 14.6 Å². The third-order valence-corrected chi connectivity index (χ3v) is 2.65. The number of carboxylic acids is 1. The van der Waals surface area contributed by atoms with Crippen molar-refractivity contribution in [3.8, 4) is 5.75 Å². The summed E-state index contributed by atoms with van der Waals surface area (Å²) in [6, 6.07) is 18.9. The number of methoxy groups -OCH3 is 1. The van der Waals surface area contributed by atoms with Crippen LogP contribution < -0.4 is 4.74 Å². The molecule has 3 nitrogen and oxygen atoms in total. The van der Waals surface area contributed by atoms with Crippen LogP contribution in [-0.4, -0.2) is 18.2 Å². The van der Waals surface area contributed by atoms with Crippen molar-refractivity contribution in [1.29, 1.82) is 0 Å². The van der Waals surface area contributed by atoms with Crippen molar-refractivity contribution in [2.24, 2.45) is 0 Å². The summed E-state index contributed by atoms with van der Waals surface area (Å²) >= 11 is 0. The Morgan fingerprint density at radius 3 is 1.84 bits per heavy atom. The van der Waals surface area contributed by atoms with Crippen molar-refractivity contribution >= 4 is 5.97 Å². The number of carbonyl (C=O) groups is 1. The van der Waals surface area contributed by atoms with E-state index in [9.17, 15) is 4.79 Å². The van der Waals surface area contributed by atoms with Crippen LogP contribution in [0, 0.1) is 0 Å². The van der Waals surface area contributed by atoms with Crippen LogP contribution in [0.3, 0.4) is 0 Å². The highest BCUT2D eigenvalue weighted by atomic mass is 16.5. The Labute approximate surface area is 113 Å². The van der Waals surface area contributed by atoms with E-state index in [1.165, 1.54) is 0 Å². The number of hydrogen-bond acceptors (Lipinski definition) is 2. The van der Waals surface area contributed by atoms with Crippen LogP contribution in [0.4, 0.5) is 0 Å². The van der Waals surface area contributed by atoms with Crippen LogP contribution in [0.5, 0.6) is 5.75 Å². The second-order valence-corrected chi connectivity index (χ2v) is 3.99. The Morgan fingerprint density at radius 2 is 1.47 bits per heavy atom.